The first kappa shape index (κ1) is 15.0. The smallest absolute Gasteiger partial charge is 0.405 e. The minimum atomic E-state index is -5.65. The van der Waals surface area contributed by atoms with Gasteiger partial charge in [0.2, 0.25) is 0 Å². The van der Waals surface area contributed by atoms with Gasteiger partial charge in [0, 0.05) is 13.1 Å². The Morgan fingerprint density at radius 2 is 1.55 bits per heavy atom. The van der Waals surface area contributed by atoms with Gasteiger partial charge in [-0.3, -0.25) is 0 Å². The van der Waals surface area contributed by atoms with E-state index >= 15 is 0 Å². The molecule has 2 nitrogen and oxygen atoms in total. The van der Waals surface area contributed by atoms with Crippen molar-refractivity contribution in [2.24, 2.45) is 0 Å². The lowest BCUT2D eigenvalue weighted by molar-refractivity contribution is -0.290. The molecule has 1 fully saturated rings. The molecule has 1 aliphatic rings. The van der Waals surface area contributed by atoms with E-state index in [-0.39, 0.29) is 0 Å². The van der Waals surface area contributed by atoms with Gasteiger partial charge < -0.3 is 4.84 Å². The van der Waals surface area contributed by atoms with Crippen molar-refractivity contribution in [2.75, 3.05) is 13.1 Å². The Hall–Kier alpha value is -1.37. The largest absolute Gasteiger partial charge is 0.458 e. The third kappa shape index (κ3) is 3.03. The molecule has 0 bridgehead atoms. The Kier molecular flexibility index (Phi) is 4.17. The van der Waals surface area contributed by atoms with Crippen molar-refractivity contribution >= 4 is 0 Å². The average Bonchev–Trinajstić information content (AvgIpc) is 2.39. The first-order valence-corrected chi connectivity index (χ1v) is 6.11. The van der Waals surface area contributed by atoms with E-state index in [4.69, 9.17) is 4.84 Å². The van der Waals surface area contributed by atoms with Gasteiger partial charge in [0.25, 0.3) is 0 Å². The van der Waals surface area contributed by atoms with Crippen LogP contribution in [-0.2, 0) is 5.92 Å². The van der Waals surface area contributed by atoms with Crippen LogP contribution in [0.3, 0.4) is 0 Å². The summed E-state index contributed by atoms with van der Waals surface area (Å²) in [5, 5.41) is 1.39. The second-order valence-corrected chi connectivity index (χ2v) is 4.45. The molecule has 0 aliphatic carbocycles. The van der Waals surface area contributed by atoms with Gasteiger partial charge in [-0.1, -0.05) is 12.1 Å². The summed E-state index contributed by atoms with van der Waals surface area (Å²) in [6.07, 6.45) is -2.23. The van der Waals surface area contributed by atoms with Crippen LogP contribution in [0.1, 0.15) is 18.4 Å². The van der Waals surface area contributed by atoms with Crippen LogP contribution in [0.4, 0.5) is 22.0 Å². The van der Waals surface area contributed by atoms with E-state index in [0.717, 1.165) is 18.2 Å². The molecule has 0 spiro atoms. The van der Waals surface area contributed by atoms with Gasteiger partial charge in [0.05, 0.1) is 5.56 Å². The van der Waals surface area contributed by atoms with Gasteiger partial charge in [-0.05, 0) is 31.4 Å². The third-order valence-corrected chi connectivity index (χ3v) is 2.97. The quantitative estimate of drug-likeness (QED) is 0.783. The SMILES string of the molecule is FC(F)(F)C(F)(F)c1ccccc1ON1CC[CH]CC1. The van der Waals surface area contributed by atoms with Gasteiger partial charge in [-0.15, -0.1) is 5.06 Å². The first-order chi connectivity index (χ1) is 9.32. The number of alkyl halides is 5. The molecule has 0 atom stereocenters. The number of hydrogen-bond donors (Lipinski definition) is 0. The summed E-state index contributed by atoms with van der Waals surface area (Å²) in [6, 6.07) is 4.35. The van der Waals surface area contributed by atoms with Crippen LogP contribution < -0.4 is 4.84 Å². The van der Waals surface area contributed by atoms with Crippen molar-refractivity contribution < 1.29 is 26.8 Å². The number of rotatable bonds is 3. The number of hydroxylamine groups is 2. The molecular weight excluding hydrogens is 281 g/mol. The lowest BCUT2D eigenvalue weighted by Crippen LogP contribution is -2.37. The van der Waals surface area contributed by atoms with Crippen molar-refractivity contribution in [1.82, 2.24) is 5.06 Å². The van der Waals surface area contributed by atoms with Crippen LogP contribution in [0.5, 0.6) is 5.75 Å². The molecule has 0 aromatic heterocycles. The monoisotopic (exact) mass is 294 g/mol. The Morgan fingerprint density at radius 3 is 2.15 bits per heavy atom. The molecule has 0 saturated carbocycles. The Labute approximate surface area is 113 Å². The van der Waals surface area contributed by atoms with Crippen molar-refractivity contribution in [1.29, 1.82) is 0 Å². The lowest BCUT2D eigenvalue weighted by Gasteiger charge is -2.28. The molecule has 0 amide bonds. The normalized spacial score (nSPS) is 18.1. The second-order valence-electron chi connectivity index (χ2n) is 4.45. The fraction of sp³-hybridized carbons (Fsp3) is 0.462. The van der Waals surface area contributed by atoms with E-state index in [0.29, 0.717) is 25.9 Å². The van der Waals surface area contributed by atoms with Gasteiger partial charge in [0.1, 0.15) is 0 Å². The molecular formula is C13H13F5NO. The lowest BCUT2D eigenvalue weighted by atomic mass is 10.1. The van der Waals surface area contributed by atoms with E-state index in [1.807, 2.05) is 6.42 Å². The topological polar surface area (TPSA) is 12.5 Å². The summed E-state index contributed by atoms with van der Waals surface area (Å²) in [7, 11) is 0. The zero-order valence-electron chi connectivity index (χ0n) is 10.5. The minimum absolute atomic E-state index is 0.461. The maximum Gasteiger partial charge on any atom is 0.458 e. The highest BCUT2D eigenvalue weighted by atomic mass is 19.4. The number of hydrogen-bond acceptors (Lipinski definition) is 2. The predicted molar refractivity (Wildman–Crippen MR) is 62.1 cm³/mol. The zero-order chi connectivity index (χ0) is 14.8. The molecule has 1 heterocycles. The maximum absolute atomic E-state index is 13.4. The molecule has 1 radical (unpaired) electrons. The molecule has 0 unspecified atom stereocenters. The molecule has 1 saturated heterocycles. The summed E-state index contributed by atoms with van der Waals surface area (Å²) in [6.45, 7) is 0.928. The van der Waals surface area contributed by atoms with E-state index in [1.165, 1.54) is 11.1 Å². The molecule has 1 aromatic carbocycles. The Balaban J connectivity index is 2.26. The predicted octanol–water partition coefficient (Wildman–Crippen LogP) is 3.93. The van der Waals surface area contributed by atoms with Gasteiger partial charge in [0.15, 0.2) is 5.75 Å². The van der Waals surface area contributed by atoms with Crippen LogP contribution in [-0.4, -0.2) is 24.3 Å². The third-order valence-electron chi connectivity index (χ3n) is 2.97. The van der Waals surface area contributed by atoms with E-state index in [9.17, 15) is 22.0 Å². The number of piperidine rings is 1. The molecule has 111 valence electrons. The van der Waals surface area contributed by atoms with Crippen molar-refractivity contribution in [3.05, 3.63) is 36.2 Å². The number of benzene rings is 1. The van der Waals surface area contributed by atoms with Crippen LogP contribution in [0.25, 0.3) is 0 Å². The minimum Gasteiger partial charge on any atom is -0.405 e. The van der Waals surface area contributed by atoms with Crippen molar-refractivity contribution in [3.8, 4) is 5.75 Å². The maximum atomic E-state index is 13.4. The fourth-order valence-electron chi connectivity index (χ4n) is 1.92. The Bertz CT molecular complexity index is 454. The standard InChI is InChI=1S/C13H13F5NO/c14-12(15,13(16,17)18)10-6-2-3-7-11(10)20-19-8-4-1-5-9-19/h1-3,6-7H,4-5,8-9H2. The Morgan fingerprint density at radius 1 is 0.950 bits per heavy atom. The number of nitrogens with zero attached hydrogens (tertiary/aromatic N) is 1. The summed E-state index contributed by atoms with van der Waals surface area (Å²) in [4.78, 5) is 5.20. The highest BCUT2D eigenvalue weighted by Crippen LogP contribution is 2.47. The van der Waals surface area contributed by atoms with Crippen molar-refractivity contribution in [3.63, 3.8) is 0 Å². The zero-order valence-corrected chi connectivity index (χ0v) is 10.5. The second kappa shape index (κ2) is 5.55. The molecule has 1 aromatic rings. The van der Waals surface area contributed by atoms with Crippen LogP contribution >= 0.6 is 0 Å². The molecule has 2 rings (SSSR count). The molecule has 1 aliphatic heterocycles. The van der Waals surface area contributed by atoms with Crippen LogP contribution in [0.2, 0.25) is 0 Å². The first-order valence-electron chi connectivity index (χ1n) is 6.11. The summed E-state index contributed by atoms with van der Waals surface area (Å²) in [5.74, 6) is -5.40. The van der Waals surface area contributed by atoms with Gasteiger partial charge in [-0.2, -0.15) is 22.0 Å². The number of halogens is 5. The van der Waals surface area contributed by atoms with Crippen LogP contribution in [0, 0.1) is 6.42 Å². The summed E-state index contributed by atoms with van der Waals surface area (Å²) < 4.78 is 64.3. The van der Waals surface area contributed by atoms with Gasteiger partial charge in [-0.25, -0.2) is 0 Å². The summed E-state index contributed by atoms with van der Waals surface area (Å²) in [5.41, 5.74) is -1.16. The average molecular weight is 294 g/mol. The summed E-state index contributed by atoms with van der Waals surface area (Å²) >= 11 is 0. The number of para-hydroxylation sites is 1. The van der Waals surface area contributed by atoms with Crippen molar-refractivity contribution in [2.45, 2.75) is 24.9 Å². The molecule has 7 heteroatoms. The molecule has 0 N–H and O–H groups in total. The van der Waals surface area contributed by atoms with E-state index < -0.39 is 23.4 Å². The van der Waals surface area contributed by atoms with Crippen LogP contribution in [0.15, 0.2) is 24.3 Å². The molecule has 20 heavy (non-hydrogen) atoms. The highest BCUT2D eigenvalue weighted by molar-refractivity contribution is 5.37. The van der Waals surface area contributed by atoms with E-state index in [1.54, 1.807) is 0 Å². The van der Waals surface area contributed by atoms with Gasteiger partial charge >= 0.3 is 12.1 Å². The highest BCUT2D eigenvalue weighted by Gasteiger charge is 2.60. The fourth-order valence-corrected chi connectivity index (χ4v) is 1.92. The van der Waals surface area contributed by atoms with E-state index in [2.05, 4.69) is 0 Å².